The second-order valence-corrected chi connectivity index (χ2v) is 5.76. The van der Waals surface area contributed by atoms with Gasteiger partial charge in [0.2, 0.25) is 0 Å². The molecule has 1 fully saturated rings. The van der Waals surface area contributed by atoms with Gasteiger partial charge in [0.05, 0.1) is 5.69 Å². The van der Waals surface area contributed by atoms with Crippen LogP contribution in [-0.2, 0) is 6.54 Å². The summed E-state index contributed by atoms with van der Waals surface area (Å²) in [6.45, 7) is 8.76. The highest BCUT2D eigenvalue weighted by Crippen LogP contribution is 2.20. The Balaban J connectivity index is 1.90. The molecule has 1 aliphatic rings. The molecular formula is C15H25N3. The number of pyridine rings is 1. The summed E-state index contributed by atoms with van der Waals surface area (Å²) in [5, 5.41) is 3.68. The Kier molecular flexibility index (Phi) is 4.36. The Morgan fingerprint density at radius 2 is 2.17 bits per heavy atom. The van der Waals surface area contributed by atoms with E-state index in [1.54, 1.807) is 0 Å². The number of nitrogens with zero attached hydrogens (tertiary/aromatic N) is 2. The van der Waals surface area contributed by atoms with Crippen LogP contribution in [0.25, 0.3) is 0 Å². The zero-order valence-corrected chi connectivity index (χ0v) is 12.0. The molecule has 0 saturated carbocycles. The Bertz CT molecular complexity index is 391. The first-order valence-corrected chi connectivity index (χ1v) is 6.92. The Hall–Kier alpha value is -0.930. The van der Waals surface area contributed by atoms with Gasteiger partial charge in [-0.15, -0.1) is 0 Å². The molecule has 3 unspecified atom stereocenters. The largest absolute Gasteiger partial charge is 0.308 e. The Labute approximate surface area is 111 Å². The lowest BCUT2D eigenvalue weighted by Crippen LogP contribution is -2.50. The number of aromatic nitrogens is 1. The van der Waals surface area contributed by atoms with Crippen molar-refractivity contribution in [2.75, 3.05) is 13.6 Å². The van der Waals surface area contributed by atoms with Gasteiger partial charge in [-0.2, -0.15) is 0 Å². The quantitative estimate of drug-likeness (QED) is 0.887. The molecule has 0 radical (unpaired) electrons. The lowest BCUT2D eigenvalue weighted by Gasteiger charge is -2.40. The molecule has 0 amide bonds. The molecule has 1 aliphatic heterocycles. The second-order valence-electron chi connectivity index (χ2n) is 5.76. The van der Waals surface area contributed by atoms with E-state index in [2.05, 4.69) is 48.2 Å². The van der Waals surface area contributed by atoms with Crippen molar-refractivity contribution in [2.45, 2.75) is 45.8 Å². The number of rotatable bonds is 3. The molecule has 0 aromatic carbocycles. The predicted molar refractivity (Wildman–Crippen MR) is 75.5 cm³/mol. The zero-order chi connectivity index (χ0) is 13.1. The molecule has 0 spiro atoms. The average molecular weight is 247 g/mol. The van der Waals surface area contributed by atoms with Crippen LogP contribution >= 0.6 is 0 Å². The van der Waals surface area contributed by atoms with Crippen LogP contribution in [0.5, 0.6) is 0 Å². The summed E-state index contributed by atoms with van der Waals surface area (Å²) in [6.07, 6.45) is 1.23. The van der Waals surface area contributed by atoms with E-state index in [1.165, 1.54) is 13.0 Å². The summed E-state index contributed by atoms with van der Waals surface area (Å²) in [5.74, 6) is 0.705. The molecule has 18 heavy (non-hydrogen) atoms. The van der Waals surface area contributed by atoms with Crippen molar-refractivity contribution in [3.05, 3.63) is 29.6 Å². The number of hydrogen-bond acceptors (Lipinski definition) is 3. The first-order valence-electron chi connectivity index (χ1n) is 6.92. The molecule has 0 bridgehead atoms. The lowest BCUT2D eigenvalue weighted by molar-refractivity contribution is 0.121. The first kappa shape index (κ1) is 13.5. The van der Waals surface area contributed by atoms with Gasteiger partial charge in [0, 0.05) is 30.9 Å². The zero-order valence-electron chi connectivity index (χ0n) is 12.0. The van der Waals surface area contributed by atoms with Gasteiger partial charge in [-0.25, -0.2) is 0 Å². The van der Waals surface area contributed by atoms with E-state index in [-0.39, 0.29) is 0 Å². The van der Waals surface area contributed by atoms with Crippen LogP contribution in [-0.4, -0.2) is 35.6 Å². The van der Waals surface area contributed by atoms with Crippen LogP contribution in [0.1, 0.15) is 31.7 Å². The number of nitrogens with one attached hydrogen (secondary N) is 1. The van der Waals surface area contributed by atoms with Crippen LogP contribution in [0.2, 0.25) is 0 Å². The second kappa shape index (κ2) is 5.81. The van der Waals surface area contributed by atoms with Crippen molar-refractivity contribution < 1.29 is 0 Å². The standard InChI is InChI=1S/C15H25N3/c1-11-10-18(4)13(3)8-15(11)16-9-14-7-5-6-12(2)17-14/h5-7,11,13,15-16H,8-10H2,1-4H3. The number of hydrogen-bond donors (Lipinski definition) is 1. The van der Waals surface area contributed by atoms with Gasteiger partial charge in [0.25, 0.3) is 0 Å². The molecule has 2 rings (SSSR count). The third-order valence-electron chi connectivity index (χ3n) is 4.10. The van der Waals surface area contributed by atoms with Gasteiger partial charge in [-0.1, -0.05) is 13.0 Å². The number of piperidine rings is 1. The van der Waals surface area contributed by atoms with Gasteiger partial charge in [0.1, 0.15) is 0 Å². The van der Waals surface area contributed by atoms with Gasteiger partial charge >= 0.3 is 0 Å². The summed E-state index contributed by atoms with van der Waals surface area (Å²) in [4.78, 5) is 7.00. The van der Waals surface area contributed by atoms with Crippen molar-refractivity contribution in [2.24, 2.45) is 5.92 Å². The number of aryl methyl sites for hydroxylation is 1. The fourth-order valence-electron chi connectivity index (χ4n) is 2.76. The van der Waals surface area contributed by atoms with E-state index in [4.69, 9.17) is 0 Å². The van der Waals surface area contributed by atoms with Crippen molar-refractivity contribution in [1.82, 2.24) is 15.2 Å². The molecule has 2 heterocycles. The predicted octanol–water partition coefficient (Wildman–Crippen LogP) is 2.21. The average Bonchev–Trinajstić information content (AvgIpc) is 2.32. The maximum absolute atomic E-state index is 4.54. The van der Waals surface area contributed by atoms with Crippen LogP contribution in [0, 0.1) is 12.8 Å². The molecule has 1 aromatic heterocycles. The topological polar surface area (TPSA) is 28.2 Å². The first-order chi connectivity index (χ1) is 8.56. The van der Waals surface area contributed by atoms with E-state index in [9.17, 15) is 0 Å². The monoisotopic (exact) mass is 247 g/mol. The van der Waals surface area contributed by atoms with Gasteiger partial charge < -0.3 is 10.2 Å². The third kappa shape index (κ3) is 3.30. The maximum atomic E-state index is 4.54. The van der Waals surface area contributed by atoms with Crippen LogP contribution in [0.15, 0.2) is 18.2 Å². The van der Waals surface area contributed by atoms with E-state index < -0.39 is 0 Å². The molecular weight excluding hydrogens is 222 g/mol. The molecule has 0 aliphatic carbocycles. The fraction of sp³-hybridized carbons (Fsp3) is 0.667. The molecule has 1 aromatic rings. The van der Waals surface area contributed by atoms with Gasteiger partial charge in [0.15, 0.2) is 0 Å². The van der Waals surface area contributed by atoms with Crippen LogP contribution < -0.4 is 5.32 Å². The Morgan fingerprint density at radius 1 is 1.39 bits per heavy atom. The summed E-state index contributed by atoms with van der Waals surface area (Å²) in [6, 6.07) is 7.51. The highest BCUT2D eigenvalue weighted by Gasteiger charge is 2.28. The molecule has 3 nitrogen and oxygen atoms in total. The SMILES string of the molecule is Cc1cccc(CNC2CC(C)N(C)CC2C)n1. The minimum Gasteiger partial charge on any atom is -0.308 e. The molecule has 3 heteroatoms. The highest BCUT2D eigenvalue weighted by molar-refractivity contribution is 5.09. The summed E-state index contributed by atoms with van der Waals surface area (Å²) in [7, 11) is 2.22. The van der Waals surface area contributed by atoms with Crippen molar-refractivity contribution >= 4 is 0 Å². The summed E-state index contributed by atoms with van der Waals surface area (Å²) in [5.41, 5.74) is 2.24. The minimum atomic E-state index is 0.610. The van der Waals surface area contributed by atoms with Crippen molar-refractivity contribution in [3.8, 4) is 0 Å². The maximum Gasteiger partial charge on any atom is 0.0544 e. The van der Waals surface area contributed by atoms with Gasteiger partial charge in [-0.3, -0.25) is 4.98 Å². The molecule has 1 N–H and O–H groups in total. The van der Waals surface area contributed by atoms with Crippen LogP contribution in [0.3, 0.4) is 0 Å². The summed E-state index contributed by atoms with van der Waals surface area (Å²) < 4.78 is 0. The summed E-state index contributed by atoms with van der Waals surface area (Å²) >= 11 is 0. The highest BCUT2D eigenvalue weighted by atomic mass is 15.2. The van der Waals surface area contributed by atoms with Crippen molar-refractivity contribution in [3.63, 3.8) is 0 Å². The van der Waals surface area contributed by atoms with Gasteiger partial charge in [-0.05, 0) is 45.4 Å². The van der Waals surface area contributed by atoms with E-state index in [1.807, 2.05) is 13.0 Å². The van der Waals surface area contributed by atoms with E-state index in [0.717, 1.165) is 17.9 Å². The van der Waals surface area contributed by atoms with E-state index in [0.29, 0.717) is 18.0 Å². The smallest absolute Gasteiger partial charge is 0.0544 e. The third-order valence-corrected chi connectivity index (χ3v) is 4.10. The normalized spacial score (nSPS) is 29.4. The Morgan fingerprint density at radius 3 is 2.89 bits per heavy atom. The molecule has 1 saturated heterocycles. The minimum absolute atomic E-state index is 0.610. The van der Waals surface area contributed by atoms with Crippen molar-refractivity contribution in [1.29, 1.82) is 0 Å². The number of likely N-dealkylation sites (tertiary alicyclic amines) is 1. The fourth-order valence-corrected chi connectivity index (χ4v) is 2.76. The lowest BCUT2D eigenvalue weighted by atomic mass is 9.90. The van der Waals surface area contributed by atoms with E-state index >= 15 is 0 Å². The molecule has 100 valence electrons. The van der Waals surface area contributed by atoms with Crippen LogP contribution in [0.4, 0.5) is 0 Å². The molecule has 3 atom stereocenters.